The van der Waals surface area contributed by atoms with Gasteiger partial charge in [0.05, 0.1) is 36.0 Å². The Hall–Kier alpha value is -2.16. The Labute approximate surface area is 164 Å². The quantitative estimate of drug-likeness (QED) is 0.805. The third-order valence-electron chi connectivity index (χ3n) is 4.58. The number of halogens is 1. The maximum absolute atomic E-state index is 12.5. The van der Waals surface area contributed by atoms with E-state index in [-0.39, 0.29) is 11.9 Å². The van der Waals surface area contributed by atoms with Crippen molar-refractivity contribution in [2.75, 3.05) is 52.3 Å². The number of nitrogens with zero attached hydrogens (tertiary/aromatic N) is 5. The molecule has 2 aromatic heterocycles. The Morgan fingerprint density at radius 3 is 2.70 bits per heavy atom. The van der Waals surface area contributed by atoms with Crippen molar-refractivity contribution in [3.63, 3.8) is 0 Å². The number of likely N-dealkylation sites (N-methyl/N-ethyl adjacent to an activating group) is 1. The van der Waals surface area contributed by atoms with Crippen LogP contribution in [0.1, 0.15) is 22.0 Å². The van der Waals surface area contributed by atoms with Gasteiger partial charge in [-0.05, 0) is 20.2 Å². The van der Waals surface area contributed by atoms with Crippen LogP contribution in [-0.4, -0.2) is 77.4 Å². The van der Waals surface area contributed by atoms with Crippen LogP contribution in [0.3, 0.4) is 0 Å². The van der Waals surface area contributed by atoms with Gasteiger partial charge in [-0.15, -0.1) is 0 Å². The maximum atomic E-state index is 12.5. The molecule has 0 bridgehead atoms. The number of aryl methyl sites for hydroxylation is 1. The van der Waals surface area contributed by atoms with Crippen LogP contribution in [0.25, 0.3) is 0 Å². The number of hydrogen-bond donors (Lipinski definition) is 1. The highest BCUT2D eigenvalue weighted by atomic mass is 35.5. The molecule has 146 valence electrons. The summed E-state index contributed by atoms with van der Waals surface area (Å²) in [6.07, 6.45) is 5.41. The fourth-order valence-corrected chi connectivity index (χ4v) is 3.27. The summed E-state index contributed by atoms with van der Waals surface area (Å²) in [7, 11) is 5.92. The summed E-state index contributed by atoms with van der Waals surface area (Å²) in [5.74, 6) is 0.492. The molecule has 9 heteroatoms. The van der Waals surface area contributed by atoms with Crippen molar-refractivity contribution >= 4 is 23.3 Å². The smallest absolute Gasteiger partial charge is 0.255 e. The van der Waals surface area contributed by atoms with E-state index in [2.05, 4.69) is 20.3 Å². The van der Waals surface area contributed by atoms with E-state index in [9.17, 15) is 4.79 Å². The minimum Gasteiger partial charge on any atom is -0.378 e. The van der Waals surface area contributed by atoms with Gasteiger partial charge < -0.3 is 19.9 Å². The minimum atomic E-state index is -0.0687. The van der Waals surface area contributed by atoms with Crippen LogP contribution >= 0.6 is 11.6 Å². The van der Waals surface area contributed by atoms with E-state index < -0.39 is 0 Å². The Balaban J connectivity index is 1.67. The zero-order chi connectivity index (χ0) is 19.4. The van der Waals surface area contributed by atoms with E-state index in [1.54, 1.807) is 21.8 Å². The third kappa shape index (κ3) is 4.77. The average molecular weight is 393 g/mol. The fourth-order valence-electron chi connectivity index (χ4n) is 3.04. The molecule has 3 rings (SSSR count). The Morgan fingerprint density at radius 2 is 2.11 bits per heavy atom. The van der Waals surface area contributed by atoms with Crippen LogP contribution in [0.5, 0.6) is 0 Å². The number of anilines is 1. The van der Waals surface area contributed by atoms with E-state index in [1.807, 2.05) is 33.5 Å². The molecule has 1 unspecified atom stereocenters. The first-order chi connectivity index (χ1) is 13.0. The number of aromatic nitrogens is 3. The van der Waals surface area contributed by atoms with E-state index in [0.29, 0.717) is 49.3 Å². The normalized spacial score (nSPS) is 15.8. The van der Waals surface area contributed by atoms with Crippen molar-refractivity contribution < 1.29 is 9.53 Å². The highest BCUT2D eigenvalue weighted by Crippen LogP contribution is 2.24. The second-order valence-corrected chi connectivity index (χ2v) is 7.17. The highest BCUT2D eigenvalue weighted by Gasteiger charge is 2.21. The molecule has 0 spiro atoms. The van der Waals surface area contributed by atoms with Gasteiger partial charge in [0.1, 0.15) is 5.82 Å². The van der Waals surface area contributed by atoms with Gasteiger partial charge in [-0.2, -0.15) is 5.10 Å². The van der Waals surface area contributed by atoms with Crippen LogP contribution in [0.2, 0.25) is 5.02 Å². The number of carbonyl (C=O) groups excluding carboxylic acids is 1. The van der Waals surface area contributed by atoms with Gasteiger partial charge in [0, 0.05) is 44.6 Å². The predicted octanol–water partition coefficient (Wildman–Crippen LogP) is 1.66. The molecule has 1 N–H and O–H groups in total. The summed E-state index contributed by atoms with van der Waals surface area (Å²) in [4.78, 5) is 20.8. The molecule has 0 saturated carbocycles. The number of nitrogens with one attached hydrogen (secondary N) is 1. The van der Waals surface area contributed by atoms with Crippen molar-refractivity contribution in [2.24, 2.45) is 7.05 Å². The summed E-state index contributed by atoms with van der Waals surface area (Å²) in [6.45, 7) is 2.92. The Bertz CT molecular complexity index is 788. The Kier molecular flexibility index (Phi) is 6.30. The first-order valence-electron chi connectivity index (χ1n) is 8.87. The van der Waals surface area contributed by atoms with E-state index in [1.165, 1.54) is 0 Å². The van der Waals surface area contributed by atoms with E-state index >= 15 is 0 Å². The first kappa shape index (κ1) is 19.6. The number of rotatable bonds is 6. The van der Waals surface area contributed by atoms with Crippen LogP contribution in [-0.2, 0) is 11.8 Å². The standard InChI is InChI=1S/C18H25ClN6O2/c1-23(2)16(14-10-22-24(3)12-14)11-21-17-15(19)8-13(9-20-17)18(26)25-4-6-27-7-5-25/h8-10,12,16H,4-7,11H2,1-3H3,(H,20,21). The van der Waals surface area contributed by atoms with Gasteiger partial charge in [0.2, 0.25) is 0 Å². The minimum absolute atomic E-state index is 0.0687. The second-order valence-electron chi connectivity index (χ2n) is 6.77. The number of ether oxygens (including phenoxy) is 1. The second kappa shape index (κ2) is 8.69. The van der Waals surface area contributed by atoms with Crippen LogP contribution < -0.4 is 5.32 Å². The molecule has 1 fully saturated rings. The highest BCUT2D eigenvalue weighted by molar-refractivity contribution is 6.33. The molecular formula is C18H25ClN6O2. The molecule has 27 heavy (non-hydrogen) atoms. The number of hydrogen-bond acceptors (Lipinski definition) is 6. The van der Waals surface area contributed by atoms with E-state index in [0.717, 1.165) is 5.56 Å². The fraction of sp³-hybridized carbons (Fsp3) is 0.500. The van der Waals surface area contributed by atoms with Crippen LogP contribution in [0, 0.1) is 0 Å². The lowest BCUT2D eigenvalue weighted by molar-refractivity contribution is 0.0302. The molecule has 1 saturated heterocycles. The number of pyridine rings is 1. The molecule has 0 aliphatic carbocycles. The van der Waals surface area contributed by atoms with Gasteiger partial charge in [-0.3, -0.25) is 9.48 Å². The lowest BCUT2D eigenvalue weighted by Gasteiger charge is -2.27. The van der Waals surface area contributed by atoms with E-state index in [4.69, 9.17) is 16.3 Å². The van der Waals surface area contributed by atoms with Crippen molar-refractivity contribution in [1.82, 2.24) is 24.6 Å². The summed E-state index contributed by atoms with van der Waals surface area (Å²) in [6, 6.07) is 1.79. The summed E-state index contributed by atoms with van der Waals surface area (Å²) in [5.41, 5.74) is 1.59. The first-order valence-corrected chi connectivity index (χ1v) is 9.25. The largest absolute Gasteiger partial charge is 0.378 e. The van der Waals surface area contributed by atoms with Gasteiger partial charge >= 0.3 is 0 Å². The summed E-state index contributed by atoms with van der Waals surface area (Å²) in [5, 5.41) is 7.95. The summed E-state index contributed by atoms with van der Waals surface area (Å²) >= 11 is 6.38. The van der Waals surface area contributed by atoms with Crippen molar-refractivity contribution in [2.45, 2.75) is 6.04 Å². The molecule has 0 aromatic carbocycles. The average Bonchev–Trinajstić information content (AvgIpc) is 3.09. The topological polar surface area (TPSA) is 75.5 Å². The molecule has 0 radical (unpaired) electrons. The number of amides is 1. The molecule has 3 heterocycles. The maximum Gasteiger partial charge on any atom is 0.255 e. The van der Waals surface area contributed by atoms with Gasteiger partial charge in [-0.1, -0.05) is 11.6 Å². The monoisotopic (exact) mass is 392 g/mol. The zero-order valence-corrected chi connectivity index (χ0v) is 16.6. The van der Waals surface area contributed by atoms with Gasteiger partial charge in [0.25, 0.3) is 5.91 Å². The molecule has 8 nitrogen and oxygen atoms in total. The number of morpholine rings is 1. The number of carbonyl (C=O) groups is 1. The van der Waals surface area contributed by atoms with Gasteiger partial charge in [-0.25, -0.2) is 4.98 Å². The molecular weight excluding hydrogens is 368 g/mol. The summed E-state index contributed by atoms with van der Waals surface area (Å²) < 4.78 is 7.07. The SMILES string of the molecule is CN(C)C(CNc1ncc(C(=O)N2CCOCC2)cc1Cl)c1cnn(C)c1. The Morgan fingerprint density at radius 1 is 1.37 bits per heavy atom. The third-order valence-corrected chi connectivity index (χ3v) is 4.87. The lowest BCUT2D eigenvalue weighted by atomic mass is 10.1. The molecule has 1 aliphatic rings. The van der Waals surface area contributed by atoms with Crippen molar-refractivity contribution in [3.05, 3.63) is 40.8 Å². The van der Waals surface area contributed by atoms with Gasteiger partial charge in [0.15, 0.2) is 0 Å². The zero-order valence-electron chi connectivity index (χ0n) is 15.9. The lowest BCUT2D eigenvalue weighted by Crippen LogP contribution is -2.40. The van der Waals surface area contributed by atoms with Crippen molar-refractivity contribution in [1.29, 1.82) is 0 Å². The van der Waals surface area contributed by atoms with Crippen molar-refractivity contribution in [3.8, 4) is 0 Å². The molecule has 1 atom stereocenters. The molecule has 2 aromatic rings. The molecule has 1 aliphatic heterocycles. The molecule has 1 amide bonds. The van der Waals surface area contributed by atoms with Crippen LogP contribution in [0.15, 0.2) is 24.7 Å². The van der Waals surface area contributed by atoms with Crippen LogP contribution in [0.4, 0.5) is 5.82 Å². The predicted molar refractivity (Wildman–Crippen MR) is 104 cm³/mol.